The van der Waals surface area contributed by atoms with E-state index in [0.717, 1.165) is 12.2 Å². The van der Waals surface area contributed by atoms with E-state index in [-0.39, 0.29) is 58.3 Å². The van der Waals surface area contributed by atoms with Crippen molar-refractivity contribution in [2.24, 2.45) is 21.8 Å². The zero-order chi connectivity index (χ0) is 37.4. The second-order valence-electron chi connectivity index (χ2n) is 12.2. The Morgan fingerprint density at radius 3 is 1.44 bits per heavy atom. The molecule has 4 aliphatic carbocycles. The monoisotopic (exact) mass is 746 g/mol. The van der Waals surface area contributed by atoms with Crippen molar-refractivity contribution in [1.82, 2.24) is 0 Å². The molecule has 0 radical (unpaired) electrons. The predicted octanol–water partition coefficient (Wildman–Crippen LogP) is 4.92. The van der Waals surface area contributed by atoms with Gasteiger partial charge in [0.05, 0.1) is 11.4 Å². The molecule has 0 bridgehead atoms. The fourth-order valence-electron chi connectivity index (χ4n) is 6.38. The summed E-state index contributed by atoms with van der Waals surface area (Å²) in [6.07, 6.45) is 11.5. The Labute approximate surface area is 297 Å². The van der Waals surface area contributed by atoms with E-state index in [1.165, 1.54) is 72.8 Å². The molecule has 6 N–H and O–H groups in total. The van der Waals surface area contributed by atoms with Gasteiger partial charge in [0.15, 0.2) is 0 Å². The molecular weight excluding hydrogens is 717 g/mol. The number of urea groups is 1. The second kappa shape index (κ2) is 14.1. The van der Waals surface area contributed by atoms with Crippen LogP contribution in [0.1, 0.15) is 33.6 Å². The van der Waals surface area contributed by atoms with Crippen LogP contribution in [0.4, 0.5) is 16.2 Å². The Balaban J connectivity index is 1.15. The number of nitrogens with one attached hydrogen (secondary N) is 2. The SMILES string of the molecule is O=C(Nc1cccc(C(=O)N=C2C=CCC3=CC(O)=CC(S(=O)(=O)O)C32)c1)Nc1cccc(C(=O)N=C2C=CCC3=CC(O)=CC(S(=O)(=O)O)C32)c1. The van der Waals surface area contributed by atoms with Crippen LogP contribution in [0.5, 0.6) is 0 Å². The van der Waals surface area contributed by atoms with Crippen molar-refractivity contribution in [3.05, 3.63) is 131 Å². The fourth-order valence-corrected chi connectivity index (χ4v) is 8.32. The number of aliphatic hydroxyl groups excluding tert-OH is 2. The standard InChI is InChI=1S/C35H30N4O11S2/c40-25-15-19-5-3-11-27(31(19)29(17-25)51(45,46)47)38-33(42)21-7-1-9-23(13-21)36-35(44)37-24-10-2-8-22(14-24)34(43)39-28-12-4-6-20-16-26(41)18-30(32(20)28)52(48,49)50/h1-4,7-18,29-32,40-41H,5-6H2,(H2,36,37,44)(H,45,46,47)(H,48,49,50). The van der Waals surface area contributed by atoms with E-state index < -0.39 is 60.4 Å². The first kappa shape index (κ1) is 36.1. The van der Waals surface area contributed by atoms with Gasteiger partial charge in [0, 0.05) is 34.3 Å². The maximum absolute atomic E-state index is 13.2. The van der Waals surface area contributed by atoms with Crippen molar-refractivity contribution in [2.45, 2.75) is 23.3 Å². The maximum atomic E-state index is 13.2. The number of aliphatic imine (C=N–C) groups is 2. The van der Waals surface area contributed by atoms with E-state index in [1.807, 2.05) is 0 Å². The Hall–Kier alpha value is -5.75. The first-order valence-corrected chi connectivity index (χ1v) is 18.6. The molecule has 4 unspecified atom stereocenters. The Morgan fingerprint density at radius 1 is 0.654 bits per heavy atom. The molecule has 2 aromatic rings. The highest BCUT2D eigenvalue weighted by Gasteiger charge is 2.41. The second-order valence-corrected chi connectivity index (χ2v) is 15.3. The van der Waals surface area contributed by atoms with Crippen molar-refractivity contribution in [2.75, 3.05) is 10.6 Å². The zero-order valence-corrected chi connectivity index (χ0v) is 28.5. The number of amides is 4. The van der Waals surface area contributed by atoms with E-state index in [2.05, 4.69) is 20.6 Å². The van der Waals surface area contributed by atoms with Gasteiger partial charge in [-0.05, 0) is 85.7 Å². The molecule has 0 fully saturated rings. The van der Waals surface area contributed by atoms with Gasteiger partial charge in [0.25, 0.3) is 32.1 Å². The van der Waals surface area contributed by atoms with Crippen LogP contribution in [-0.2, 0) is 20.2 Å². The molecule has 4 atom stereocenters. The summed E-state index contributed by atoms with van der Waals surface area (Å²) in [5.74, 6) is -4.18. The molecule has 0 heterocycles. The topological polar surface area (TPSA) is 249 Å². The number of hydrogen-bond donors (Lipinski definition) is 6. The minimum absolute atomic E-state index is 0.0498. The summed E-state index contributed by atoms with van der Waals surface area (Å²) in [4.78, 5) is 47.5. The summed E-state index contributed by atoms with van der Waals surface area (Å²) in [7, 11) is -9.32. The summed E-state index contributed by atoms with van der Waals surface area (Å²) in [6.45, 7) is 0. The lowest BCUT2D eigenvalue weighted by atomic mass is 9.81. The van der Waals surface area contributed by atoms with Crippen molar-refractivity contribution < 1.29 is 50.5 Å². The smallest absolute Gasteiger partial charge is 0.323 e. The van der Waals surface area contributed by atoms with Gasteiger partial charge in [-0.15, -0.1) is 0 Å². The summed E-state index contributed by atoms with van der Waals surface area (Å²) in [5.41, 5.74) is 1.51. The number of rotatable bonds is 6. The maximum Gasteiger partial charge on any atom is 0.323 e. The van der Waals surface area contributed by atoms with Crippen LogP contribution in [0, 0.1) is 11.8 Å². The molecule has 17 heteroatoms. The number of benzene rings is 2. The summed E-state index contributed by atoms with van der Waals surface area (Å²) < 4.78 is 68.0. The highest BCUT2D eigenvalue weighted by molar-refractivity contribution is 7.87. The highest BCUT2D eigenvalue weighted by atomic mass is 32.2. The van der Waals surface area contributed by atoms with Crippen molar-refractivity contribution in [3.8, 4) is 0 Å². The lowest BCUT2D eigenvalue weighted by Crippen LogP contribution is -2.37. The lowest BCUT2D eigenvalue weighted by Gasteiger charge is -2.30. The highest BCUT2D eigenvalue weighted by Crippen LogP contribution is 2.36. The third-order valence-corrected chi connectivity index (χ3v) is 10.8. The van der Waals surface area contributed by atoms with E-state index in [9.17, 15) is 50.5 Å². The van der Waals surface area contributed by atoms with Crippen LogP contribution in [0.2, 0.25) is 0 Å². The van der Waals surface area contributed by atoms with Gasteiger partial charge in [-0.25, -0.2) is 14.8 Å². The van der Waals surface area contributed by atoms with Crippen molar-refractivity contribution >= 4 is 60.9 Å². The van der Waals surface area contributed by atoms with Crippen molar-refractivity contribution in [1.29, 1.82) is 0 Å². The van der Waals surface area contributed by atoms with Gasteiger partial charge in [-0.1, -0.05) is 35.4 Å². The van der Waals surface area contributed by atoms with Gasteiger partial charge >= 0.3 is 6.03 Å². The molecule has 4 amide bonds. The first-order valence-electron chi connectivity index (χ1n) is 15.6. The molecule has 4 aliphatic rings. The predicted molar refractivity (Wildman–Crippen MR) is 192 cm³/mol. The van der Waals surface area contributed by atoms with Crippen molar-refractivity contribution in [3.63, 3.8) is 0 Å². The Bertz CT molecular complexity index is 2200. The molecule has 15 nitrogen and oxygen atoms in total. The molecule has 6 rings (SSSR count). The molecule has 2 aromatic carbocycles. The van der Waals surface area contributed by atoms with E-state index in [1.54, 1.807) is 12.2 Å². The van der Waals surface area contributed by atoms with E-state index in [4.69, 9.17) is 0 Å². The molecule has 0 saturated carbocycles. The normalized spacial score (nSPS) is 24.1. The molecular formula is C35H30N4O11S2. The number of aliphatic hydroxyl groups is 2. The van der Waals surface area contributed by atoms with Gasteiger partial charge < -0.3 is 20.8 Å². The number of anilines is 2. The lowest BCUT2D eigenvalue weighted by molar-refractivity contribution is 0.0994. The minimum Gasteiger partial charge on any atom is -0.508 e. The number of fused-ring (bicyclic) bond motifs is 2. The third kappa shape index (κ3) is 7.92. The van der Waals surface area contributed by atoms with Crippen LogP contribution >= 0.6 is 0 Å². The number of carbonyl (C=O) groups is 3. The minimum atomic E-state index is -4.66. The fraction of sp³-hybridized carbons (Fsp3) is 0.171. The Kier molecular flexibility index (Phi) is 9.78. The van der Waals surface area contributed by atoms with Crippen LogP contribution in [0.15, 0.2) is 130 Å². The average molecular weight is 747 g/mol. The molecule has 0 spiro atoms. The Morgan fingerprint density at radius 2 is 1.06 bits per heavy atom. The molecule has 0 saturated heterocycles. The number of carbonyl (C=O) groups excluding carboxylic acids is 3. The molecule has 0 aliphatic heterocycles. The zero-order valence-electron chi connectivity index (χ0n) is 26.8. The van der Waals surface area contributed by atoms with Crippen LogP contribution in [0.25, 0.3) is 0 Å². The number of hydrogen-bond acceptors (Lipinski definition) is 9. The van der Waals surface area contributed by atoms with Crippen LogP contribution < -0.4 is 10.6 Å². The number of nitrogens with zero attached hydrogens (tertiary/aromatic N) is 2. The van der Waals surface area contributed by atoms with Crippen LogP contribution in [-0.4, -0.2) is 75.9 Å². The quantitative estimate of drug-likeness (QED) is 0.216. The van der Waals surface area contributed by atoms with Gasteiger partial charge in [0.2, 0.25) is 0 Å². The average Bonchev–Trinajstić information content (AvgIpc) is 3.07. The first-order chi connectivity index (χ1) is 24.6. The van der Waals surface area contributed by atoms with Crippen LogP contribution in [0.3, 0.4) is 0 Å². The summed E-state index contributed by atoms with van der Waals surface area (Å²) in [5, 5.41) is 22.0. The molecule has 268 valence electrons. The molecule has 52 heavy (non-hydrogen) atoms. The third-order valence-electron chi connectivity index (χ3n) is 8.60. The summed E-state index contributed by atoms with van der Waals surface area (Å²) >= 11 is 0. The summed E-state index contributed by atoms with van der Waals surface area (Å²) in [6, 6.07) is 10.8. The molecule has 0 aromatic heterocycles. The van der Waals surface area contributed by atoms with Gasteiger partial charge in [-0.2, -0.15) is 16.8 Å². The van der Waals surface area contributed by atoms with E-state index >= 15 is 0 Å². The van der Waals surface area contributed by atoms with E-state index in [0.29, 0.717) is 11.1 Å². The van der Waals surface area contributed by atoms with Gasteiger partial charge in [0.1, 0.15) is 22.0 Å². The van der Waals surface area contributed by atoms with Gasteiger partial charge in [-0.3, -0.25) is 18.7 Å². The number of allylic oxidation sites excluding steroid dienone is 8. The largest absolute Gasteiger partial charge is 0.508 e.